The Morgan fingerprint density at radius 1 is 1.24 bits per heavy atom. The van der Waals surface area contributed by atoms with Crippen LogP contribution < -0.4 is 0 Å². The summed E-state index contributed by atoms with van der Waals surface area (Å²) in [7, 11) is 1.71. The van der Waals surface area contributed by atoms with E-state index in [9.17, 15) is 4.79 Å². The summed E-state index contributed by atoms with van der Waals surface area (Å²) in [4.78, 5) is 18.3. The summed E-state index contributed by atoms with van der Waals surface area (Å²) in [5.74, 6) is 0.292. The van der Waals surface area contributed by atoms with Crippen molar-refractivity contribution in [1.82, 2.24) is 5.06 Å². The van der Waals surface area contributed by atoms with Crippen LogP contribution in [-0.2, 0) is 14.4 Å². The van der Waals surface area contributed by atoms with E-state index in [4.69, 9.17) is 9.57 Å². The van der Waals surface area contributed by atoms with Crippen molar-refractivity contribution in [2.24, 2.45) is 0 Å². The van der Waals surface area contributed by atoms with Gasteiger partial charge in [-0.3, -0.25) is 4.79 Å². The SMILES string of the molecule is CCCCC1CC(=O)C2(CC(C)(C)N(OC)C(C)(C)C2)O1. The average Bonchev–Trinajstić information content (AvgIpc) is 2.60. The van der Waals surface area contributed by atoms with Crippen LogP contribution in [0.3, 0.4) is 0 Å². The zero-order valence-electron chi connectivity index (χ0n) is 14.5. The molecule has 0 N–H and O–H groups in total. The normalized spacial score (nSPS) is 31.0. The summed E-state index contributed by atoms with van der Waals surface area (Å²) >= 11 is 0. The van der Waals surface area contributed by atoms with Crippen LogP contribution in [0.4, 0.5) is 0 Å². The van der Waals surface area contributed by atoms with Crippen LogP contribution in [0, 0.1) is 0 Å². The molecule has 2 saturated heterocycles. The van der Waals surface area contributed by atoms with Gasteiger partial charge in [-0.15, -0.1) is 0 Å². The molecule has 0 amide bonds. The molecule has 122 valence electrons. The molecule has 0 aliphatic carbocycles. The predicted octanol–water partition coefficient (Wildman–Crippen LogP) is 3.49. The minimum atomic E-state index is -0.611. The number of nitrogens with zero attached hydrogens (tertiary/aromatic N) is 1. The van der Waals surface area contributed by atoms with Gasteiger partial charge in [0, 0.05) is 30.3 Å². The number of hydrogen-bond donors (Lipinski definition) is 0. The molecular formula is C17H31NO3. The van der Waals surface area contributed by atoms with Crippen molar-refractivity contribution >= 4 is 5.78 Å². The van der Waals surface area contributed by atoms with Crippen LogP contribution in [0.25, 0.3) is 0 Å². The van der Waals surface area contributed by atoms with Gasteiger partial charge in [0.2, 0.25) is 0 Å². The van der Waals surface area contributed by atoms with Gasteiger partial charge in [-0.25, -0.2) is 0 Å². The number of rotatable bonds is 4. The molecule has 2 fully saturated rings. The molecule has 0 saturated carbocycles. The first-order valence-corrected chi connectivity index (χ1v) is 8.22. The van der Waals surface area contributed by atoms with Crippen LogP contribution >= 0.6 is 0 Å². The van der Waals surface area contributed by atoms with Crippen molar-refractivity contribution in [3.63, 3.8) is 0 Å². The quantitative estimate of drug-likeness (QED) is 0.796. The predicted molar refractivity (Wildman–Crippen MR) is 83.0 cm³/mol. The first kappa shape index (κ1) is 16.9. The topological polar surface area (TPSA) is 38.8 Å². The van der Waals surface area contributed by atoms with E-state index < -0.39 is 5.60 Å². The molecule has 2 aliphatic heterocycles. The fourth-order valence-electron chi connectivity index (χ4n) is 4.61. The second-order valence-corrected chi connectivity index (χ2v) is 7.96. The summed E-state index contributed by atoms with van der Waals surface area (Å²) in [5.41, 5.74) is -1.04. The highest BCUT2D eigenvalue weighted by atomic mass is 16.7. The Bertz CT molecular complexity index is 385. The highest BCUT2D eigenvalue weighted by Gasteiger charge is 2.59. The Kier molecular flexibility index (Phi) is 4.54. The molecule has 4 nitrogen and oxygen atoms in total. The van der Waals surface area contributed by atoms with Crippen LogP contribution in [-0.4, -0.2) is 40.7 Å². The molecule has 0 aromatic carbocycles. The lowest BCUT2D eigenvalue weighted by atomic mass is 9.71. The number of ketones is 1. The van der Waals surface area contributed by atoms with Gasteiger partial charge < -0.3 is 9.57 Å². The lowest BCUT2D eigenvalue weighted by Gasteiger charge is -2.56. The van der Waals surface area contributed by atoms with Gasteiger partial charge in [-0.1, -0.05) is 19.8 Å². The van der Waals surface area contributed by atoms with Crippen LogP contribution in [0.2, 0.25) is 0 Å². The van der Waals surface area contributed by atoms with Crippen molar-refractivity contribution in [3.8, 4) is 0 Å². The fourth-order valence-corrected chi connectivity index (χ4v) is 4.61. The maximum Gasteiger partial charge on any atom is 0.167 e. The summed E-state index contributed by atoms with van der Waals surface area (Å²) in [5, 5.41) is 2.03. The lowest BCUT2D eigenvalue weighted by molar-refractivity contribution is -0.291. The second-order valence-electron chi connectivity index (χ2n) is 7.96. The third-order valence-corrected chi connectivity index (χ3v) is 4.91. The molecule has 21 heavy (non-hydrogen) atoms. The van der Waals surface area contributed by atoms with Gasteiger partial charge in [-0.05, 0) is 34.1 Å². The van der Waals surface area contributed by atoms with Gasteiger partial charge in [0.1, 0.15) is 5.60 Å². The second kappa shape index (κ2) is 5.64. The van der Waals surface area contributed by atoms with Crippen LogP contribution in [0.1, 0.15) is 73.1 Å². The minimum absolute atomic E-state index is 0.109. The molecule has 4 heteroatoms. The summed E-state index contributed by atoms with van der Waals surface area (Å²) in [6.07, 6.45) is 5.38. The molecule has 0 aromatic rings. The van der Waals surface area contributed by atoms with E-state index in [1.54, 1.807) is 7.11 Å². The number of hydroxylamine groups is 2. The Labute approximate surface area is 129 Å². The van der Waals surface area contributed by atoms with E-state index in [-0.39, 0.29) is 17.2 Å². The molecule has 1 spiro atoms. The maximum absolute atomic E-state index is 12.7. The van der Waals surface area contributed by atoms with E-state index in [2.05, 4.69) is 34.6 Å². The van der Waals surface area contributed by atoms with Crippen LogP contribution in [0.15, 0.2) is 0 Å². The number of carbonyl (C=O) groups is 1. The monoisotopic (exact) mass is 297 g/mol. The van der Waals surface area contributed by atoms with Gasteiger partial charge in [0.05, 0.1) is 13.2 Å². The minimum Gasteiger partial charge on any atom is -0.363 e. The highest BCUT2D eigenvalue weighted by molar-refractivity contribution is 5.90. The Hall–Kier alpha value is -0.450. The molecular weight excluding hydrogens is 266 g/mol. The summed E-state index contributed by atoms with van der Waals surface area (Å²) < 4.78 is 6.34. The number of ether oxygens (including phenoxy) is 1. The van der Waals surface area contributed by atoms with Crippen molar-refractivity contribution in [2.75, 3.05) is 7.11 Å². The molecule has 1 atom stereocenters. The standard InChI is InChI=1S/C17H31NO3/c1-7-8-9-13-10-14(19)17(21-13)11-15(2,3)18(20-6)16(4,5)12-17/h13H,7-12H2,1-6H3. The third-order valence-electron chi connectivity index (χ3n) is 4.91. The van der Waals surface area contributed by atoms with E-state index in [1.807, 2.05) is 5.06 Å². The third kappa shape index (κ3) is 3.03. The Balaban J connectivity index is 2.22. The number of Topliss-reactive ketones (excluding diaryl/α,β-unsaturated/α-hetero) is 1. The molecule has 2 aliphatic rings. The van der Waals surface area contributed by atoms with Crippen molar-refractivity contribution in [1.29, 1.82) is 0 Å². The largest absolute Gasteiger partial charge is 0.363 e. The average molecular weight is 297 g/mol. The number of piperidine rings is 1. The first-order chi connectivity index (χ1) is 9.67. The molecule has 0 bridgehead atoms. The Morgan fingerprint density at radius 2 is 1.81 bits per heavy atom. The molecule has 0 radical (unpaired) electrons. The van der Waals surface area contributed by atoms with Crippen molar-refractivity contribution in [3.05, 3.63) is 0 Å². The lowest BCUT2D eigenvalue weighted by Crippen LogP contribution is -2.66. The smallest absolute Gasteiger partial charge is 0.167 e. The molecule has 2 heterocycles. The fraction of sp³-hybridized carbons (Fsp3) is 0.941. The van der Waals surface area contributed by atoms with Crippen LogP contribution in [0.5, 0.6) is 0 Å². The van der Waals surface area contributed by atoms with Crippen molar-refractivity contribution < 1.29 is 14.4 Å². The number of hydrogen-bond acceptors (Lipinski definition) is 4. The summed E-state index contributed by atoms with van der Waals surface area (Å²) in [6.45, 7) is 10.7. The van der Waals surface area contributed by atoms with Gasteiger partial charge in [-0.2, -0.15) is 5.06 Å². The van der Waals surface area contributed by atoms with E-state index in [0.717, 1.165) is 19.3 Å². The highest BCUT2D eigenvalue weighted by Crippen LogP contribution is 2.49. The van der Waals surface area contributed by atoms with Gasteiger partial charge in [0.25, 0.3) is 0 Å². The molecule has 1 unspecified atom stereocenters. The van der Waals surface area contributed by atoms with E-state index >= 15 is 0 Å². The van der Waals surface area contributed by atoms with Crippen molar-refractivity contribution in [2.45, 2.75) is 95.9 Å². The number of carbonyl (C=O) groups excluding carboxylic acids is 1. The maximum atomic E-state index is 12.7. The van der Waals surface area contributed by atoms with E-state index in [0.29, 0.717) is 25.0 Å². The first-order valence-electron chi connectivity index (χ1n) is 8.22. The van der Waals surface area contributed by atoms with Gasteiger partial charge >= 0.3 is 0 Å². The molecule has 2 rings (SSSR count). The zero-order chi connectivity index (χ0) is 15.9. The summed E-state index contributed by atoms with van der Waals surface area (Å²) in [6, 6.07) is 0. The molecule has 0 aromatic heterocycles. The number of unbranched alkanes of at least 4 members (excludes halogenated alkanes) is 1. The van der Waals surface area contributed by atoms with Gasteiger partial charge in [0.15, 0.2) is 5.78 Å². The Morgan fingerprint density at radius 3 is 2.29 bits per heavy atom. The van der Waals surface area contributed by atoms with E-state index in [1.165, 1.54) is 0 Å². The zero-order valence-corrected chi connectivity index (χ0v) is 14.5.